The molecule has 98 valence electrons. The standard InChI is InChI=1S/C16H16ClNO/c17-16-9-14(18)6-4-13(16)10-19-15-7-5-11-2-1-3-12(11)8-15/h4-9H,1-3,10,18H2. The first-order valence-electron chi connectivity index (χ1n) is 6.51. The van der Waals surface area contributed by atoms with Crippen molar-refractivity contribution < 1.29 is 4.74 Å². The molecule has 0 saturated carbocycles. The molecule has 0 unspecified atom stereocenters. The number of nitrogens with two attached hydrogens (primary N) is 1. The number of rotatable bonds is 3. The molecule has 1 aliphatic carbocycles. The van der Waals surface area contributed by atoms with Gasteiger partial charge in [-0.3, -0.25) is 0 Å². The van der Waals surface area contributed by atoms with Gasteiger partial charge in [-0.1, -0.05) is 23.7 Å². The van der Waals surface area contributed by atoms with Crippen molar-refractivity contribution in [3.8, 4) is 5.75 Å². The molecule has 0 spiro atoms. The molecule has 2 aromatic rings. The maximum atomic E-state index is 6.13. The van der Waals surface area contributed by atoms with Crippen molar-refractivity contribution in [2.24, 2.45) is 0 Å². The summed E-state index contributed by atoms with van der Waals surface area (Å²) in [7, 11) is 0. The number of fused-ring (bicyclic) bond motifs is 1. The highest BCUT2D eigenvalue weighted by Gasteiger charge is 2.11. The Bertz CT molecular complexity index is 610. The first-order chi connectivity index (χ1) is 9.22. The molecule has 0 saturated heterocycles. The molecule has 1 aliphatic rings. The fraction of sp³-hybridized carbons (Fsp3) is 0.250. The molecule has 3 rings (SSSR count). The second kappa shape index (κ2) is 5.14. The Kier molecular flexibility index (Phi) is 3.34. The van der Waals surface area contributed by atoms with E-state index in [1.807, 2.05) is 18.2 Å². The maximum absolute atomic E-state index is 6.13. The van der Waals surface area contributed by atoms with Gasteiger partial charge >= 0.3 is 0 Å². The number of ether oxygens (including phenoxy) is 1. The third kappa shape index (κ3) is 2.69. The molecule has 0 aromatic heterocycles. The zero-order valence-electron chi connectivity index (χ0n) is 10.7. The van der Waals surface area contributed by atoms with Crippen molar-refractivity contribution in [2.75, 3.05) is 5.73 Å². The lowest BCUT2D eigenvalue weighted by atomic mass is 10.1. The van der Waals surface area contributed by atoms with Gasteiger partial charge in [-0.15, -0.1) is 0 Å². The van der Waals surface area contributed by atoms with Gasteiger partial charge in [-0.25, -0.2) is 0 Å². The minimum absolute atomic E-state index is 0.470. The van der Waals surface area contributed by atoms with Crippen molar-refractivity contribution in [3.63, 3.8) is 0 Å². The van der Waals surface area contributed by atoms with Gasteiger partial charge in [0.25, 0.3) is 0 Å². The van der Waals surface area contributed by atoms with Gasteiger partial charge in [-0.2, -0.15) is 0 Å². The van der Waals surface area contributed by atoms with E-state index in [2.05, 4.69) is 12.1 Å². The first kappa shape index (κ1) is 12.4. The lowest BCUT2D eigenvalue weighted by molar-refractivity contribution is 0.306. The molecule has 19 heavy (non-hydrogen) atoms. The van der Waals surface area contributed by atoms with E-state index in [1.165, 1.54) is 24.0 Å². The molecule has 2 N–H and O–H groups in total. The summed E-state index contributed by atoms with van der Waals surface area (Å²) in [6.07, 6.45) is 3.61. The van der Waals surface area contributed by atoms with E-state index >= 15 is 0 Å². The molecule has 2 nitrogen and oxygen atoms in total. The average molecular weight is 274 g/mol. The Morgan fingerprint density at radius 1 is 1.05 bits per heavy atom. The van der Waals surface area contributed by atoms with Crippen LogP contribution in [0.2, 0.25) is 5.02 Å². The predicted octanol–water partition coefficient (Wildman–Crippen LogP) is 3.99. The maximum Gasteiger partial charge on any atom is 0.120 e. The lowest BCUT2D eigenvalue weighted by Gasteiger charge is -2.09. The van der Waals surface area contributed by atoms with E-state index in [0.717, 1.165) is 17.7 Å². The van der Waals surface area contributed by atoms with Crippen molar-refractivity contribution in [3.05, 3.63) is 58.1 Å². The SMILES string of the molecule is Nc1ccc(COc2ccc3c(c2)CCC3)c(Cl)c1. The third-order valence-corrected chi connectivity index (χ3v) is 3.89. The smallest absolute Gasteiger partial charge is 0.120 e. The molecular weight excluding hydrogens is 258 g/mol. The number of halogens is 1. The quantitative estimate of drug-likeness (QED) is 0.858. The van der Waals surface area contributed by atoms with Crippen LogP contribution >= 0.6 is 11.6 Å². The van der Waals surface area contributed by atoms with Gasteiger partial charge < -0.3 is 10.5 Å². The lowest BCUT2D eigenvalue weighted by Crippen LogP contribution is -1.98. The second-order valence-electron chi connectivity index (χ2n) is 4.92. The zero-order valence-corrected chi connectivity index (χ0v) is 11.4. The van der Waals surface area contributed by atoms with Gasteiger partial charge in [0.05, 0.1) is 0 Å². The minimum Gasteiger partial charge on any atom is -0.489 e. The van der Waals surface area contributed by atoms with Crippen LogP contribution in [0.4, 0.5) is 5.69 Å². The van der Waals surface area contributed by atoms with E-state index in [-0.39, 0.29) is 0 Å². The van der Waals surface area contributed by atoms with Gasteiger partial charge in [-0.05, 0) is 54.7 Å². The Balaban J connectivity index is 1.72. The molecule has 0 aliphatic heterocycles. The summed E-state index contributed by atoms with van der Waals surface area (Å²) in [5.74, 6) is 0.911. The number of anilines is 1. The van der Waals surface area contributed by atoms with Gasteiger partial charge in [0, 0.05) is 16.3 Å². The summed E-state index contributed by atoms with van der Waals surface area (Å²) in [4.78, 5) is 0. The van der Waals surface area contributed by atoms with Crippen molar-refractivity contribution in [2.45, 2.75) is 25.9 Å². The highest BCUT2D eigenvalue weighted by molar-refractivity contribution is 6.31. The van der Waals surface area contributed by atoms with Gasteiger partial charge in [0.15, 0.2) is 0 Å². The second-order valence-corrected chi connectivity index (χ2v) is 5.33. The summed E-state index contributed by atoms with van der Waals surface area (Å²) in [5, 5.41) is 0.654. The van der Waals surface area contributed by atoms with E-state index in [1.54, 1.807) is 6.07 Å². The first-order valence-corrected chi connectivity index (χ1v) is 6.89. The molecule has 0 amide bonds. The zero-order chi connectivity index (χ0) is 13.2. The highest BCUT2D eigenvalue weighted by Crippen LogP contribution is 2.27. The van der Waals surface area contributed by atoms with Crippen LogP contribution < -0.4 is 10.5 Å². The van der Waals surface area contributed by atoms with Crippen LogP contribution in [0, 0.1) is 0 Å². The van der Waals surface area contributed by atoms with Crippen LogP contribution in [-0.4, -0.2) is 0 Å². The molecule has 0 fully saturated rings. The van der Waals surface area contributed by atoms with E-state index in [4.69, 9.17) is 22.1 Å². The highest BCUT2D eigenvalue weighted by atomic mass is 35.5. The fourth-order valence-corrected chi connectivity index (χ4v) is 2.72. The summed E-state index contributed by atoms with van der Waals surface area (Å²) in [6, 6.07) is 11.9. The molecular formula is C16H16ClNO. The van der Waals surface area contributed by atoms with Crippen LogP contribution in [0.25, 0.3) is 0 Å². The molecule has 2 aromatic carbocycles. The fourth-order valence-electron chi connectivity index (χ4n) is 2.48. The van der Waals surface area contributed by atoms with Crippen LogP contribution in [0.5, 0.6) is 5.75 Å². The van der Waals surface area contributed by atoms with Crippen LogP contribution in [0.15, 0.2) is 36.4 Å². The Morgan fingerprint density at radius 3 is 2.74 bits per heavy atom. The number of nitrogen functional groups attached to an aromatic ring is 1. The van der Waals surface area contributed by atoms with Crippen LogP contribution in [-0.2, 0) is 19.4 Å². The van der Waals surface area contributed by atoms with E-state index in [9.17, 15) is 0 Å². The van der Waals surface area contributed by atoms with Crippen molar-refractivity contribution in [1.29, 1.82) is 0 Å². The topological polar surface area (TPSA) is 35.2 Å². The van der Waals surface area contributed by atoms with Crippen LogP contribution in [0.1, 0.15) is 23.1 Å². The summed E-state index contributed by atoms with van der Waals surface area (Å²) < 4.78 is 5.81. The Labute approximate surface area is 118 Å². The number of aryl methyl sites for hydroxylation is 2. The number of hydrogen-bond acceptors (Lipinski definition) is 2. The monoisotopic (exact) mass is 273 g/mol. The van der Waals surface area contributed by atoms with E-state index < -0.39 is 0 Å². The van der Waals surface area contributed by atoms with Crippen LogP contribution in [0.3, 0.4) is 0 Å². The number of hydrogen-bond donors (Lipinski definition) is 1. The van der Waals surface area contributed by atoms with Crippen molar-refractivity contribution in [1.82, 2.24) is 0 Å². The summed E-state index contributed by atoms with van der Waals surface area (Å²) in [5.41, 5.74) is 10.2. The Morgan fingerprint density at radius 2 is 1.89 bits per heavy atom. The molecule has 0 heterocycles. The van der Waals surface area contributed by atoms with Gasteiger partial charge in [0.2, 0.25) is 0 Å². The number of benzene rings is 2. The van der Waals surface area contributed by atoms with Gasteiger partial charge in [0.1, 0.15) is 12.4 Å². The predicted molar refractivity (Wildman–Crippen MR) is 78.7 cm³/mol. The van der Waals surface area contributed by atoms with Crippen molar-refractivity contribution >= 4 is 17.3 Å². The Hall–Kier alpha value is -1.67. The molecule has 0 atom stereocenters. The molecule has 3 heteroatoms. The third-order valence-electron chi connectivity index (χ3n) is 3.54. The normalized spacial score (nSPS) is 13.3. The largest absolute Gasteiger partial charge is 0.489 e. The molecule has 0 bridgehead atoms. The summed E-state index contributed by atoms with van der Waals surface area (Å²) in [6.45, 7) is 0.470. The molecule has 0 radical (unpaired) electrons. The summed E-state index contributed by atoms with van der Waals surface area (Å²) >= 11 is 6.13. The average Bonchev–Trinajstić information content (AvgIpc) is 2.85. The minimum atomic E-state index is 0.470. The van der Waals surface area contributed by atoms with E-state index in [0.29, 0.717) is 17.3 Å².